The van der Waals surface area contributed by atoms with E-state index in [0.29, 0.717) is 35.6 Å². The Morgan fingerprint density at radius 2 is 1.81 bits per heavy atom. The monoisotopic (exact) mass is 365 g/mol. The fourth-order valence-electron chi connectivity index (χ4n) is 4.15. The molecule has 5 nitrogen and oxygen atoms in total. The highest BCUT2D eigenvalue weighted by Crippen LogP contribution is 2.46. The molecular formula is C18H18F3N3O2. The van der Waals surface area contributed by atoms with E-state index in [1.807, 2.05) is 32.3 Å². The van der Waals surface area contributed by atoms with Crippen molar-refractivity contribution in [3.8, 4) is 11.4 Å². The van der Waals surface area contributed by atoms with Gasteiger partial charge in [-0.15, -0.1) is 0 Å². The van der Waals surface area contributed by atoms with Crippen molar-refractivity contribution in [2.45, 2.75) is 58.0 Å². The van der Waals surface area contributed by atoms with Gasteiger partial charge in [-0.25, -0.2) is 4.98 Å². The number of fused-ring (bicyclic) bond motifs is 5. The quantitative estimate of drug-likeness (QED) is 0.718. The molecule has 4 rings (SSSR count). The van der Waals surface area contributed by atoms with Gasteiger partial charge in [-0.05, 0) is 39.8 Å². The summed E-state index contributed by atoms with van der Waals surface area (Å²) in [6.45, 7) is 7.81. The zero-order valence-electron chi connectivity index (χ0n) is 14.9. The van der Waals surface area contributed by atoms with Crippen molar-refractivity contribution in [2.75, 3.05) is 0 Å². The second kappa shape index (κ2) is 4.94. The van der Waals surface area contributed by atoms with Crippen LogP contribution in [0.3, 0.4) is 0 Å². The van der Waals surface area contributed by atoms with E-state index in [2.05, 4.69) is 9.97 Å². The highest BCUT2D eigenvalue weighted by atomic mass is 19.4. The first-order valence-corrected chi connectivity index (χ1v) is 8.35. The lowest BCUT2D eigenvalue weighted by Crippen LogP contribution is -2.31. The third-order valence-electron chi connectivity index (χ3n) is 4.94. The van der Waals surface area contributed by atoms with Crippen LogP contribution in [0.2, 0.25) is 0 Å². The summed E-state index contributed by atoms with van der Waals surface area (Å²) in [4.78, 5) is 20.7. The van der Waals surface area contributed by atoms with Gasteiger partial charge >= 0.3 is 6.18 Å². The summed E-state index contributed by atoms with van der Waals surface area (Å²) in [6.07, 6.45) is -4.17. The van der Waals surface area contributed by atoms with Crippen molar-refractivity contribution < 1.29 is 17.9 Å². The van der Waals surface area contributed by atoms with Gasteiger partial charge in [0.15, 0.2) is 0 Å². The molecule has 0 radical (unpaired) electrons. The maximum Gasteiger partial charge on any atom is 0.433 e. The molecule has 0 amide bonds. The number of hydrogen-bond acceptors (Lipinski definition) is 4. The molecule has 0 aromatic carbocycles. The van der Waals surface area contributed by atoms with Crippen LogP contribution in [0.25, 0.3) is 11.4 Å². The van der Waals surface area contributed by atoms with E-state index < -0.39 is 28.6 Å². The number of aryl methyl sites for hydroxylation is 1. The van der Waals surface area contributed by atoms with E-state index in [9.17, 15) is 18.0 Å². The maximum atomic E-state index is 12.9. The predicted molar refractivity (Wildman–Crippen MR) is 87.6 cm³/mol. The lowest BCUT2D eigenvalue weighted by atomic mass is 9.94. The number of rotatable bonds is 0. The van der Waals surface area contributed by atoms with Crippen LogP contribution in [0.15, 0.2) is 16.9 Å². The number of pyridine rings is 1. The fourth-order valence-corrected chi connectivity index (χ4v) is 4.15. The Balaban J connectivity index is 1.99. The van der Waals surface area contributed by atoms with Gasteiger partial charge in [0.1, 0.15) is 17.1 Å². The zero-order chi connectivity index (χ0) is 19.1. The van der Waals surface area contributed by atoms with Crippen molar-refractivity contribution in [3.63, 3.8) is 0 Å². The van der Waals surface area contributed by atoms with Gasteiger partial charge in [0.05, 0.1) is 22.6 Å². The Morgan fingerprint density at radius 1 is 1.12 bits per heavy atom. The first-order valence-electron chi connectivity index (χ1n) is 8.35. The van der Waals surface area contributed by atoms with Crippen molar-refractivity contribution in [2.24, 2.45) is 0 Å². The zero-order valence-corrected chi connectivity index (χ0v) is 14.9. The molecule has 2 aliphatic rings. The second-order valence-electron chi connectivity index (χ2n) is 7.68. The molecule has 0 spiro atoms. The van der Waals surface area contributed by atoms with Gasteiger partial charge in [0.25, 0.3) is 5.56 Å². The highest BCUT2D eigenvalue weighted by molar-refractivity contribution is 5.62. The van der Waals surface area contributed by atoms with E-state index in [1.165, 1.54) is 6.07 Å². The predicted octanol–water partition coefficient (Wildman–Crippen LogP) is 3.38. The van der Waals surface area contributed by atoms with Crippen LogP contribution < -0.4 is 5.56 Å². The smallest absolute Gasteiger partial charge is 0.358 e. The molecule has 2 aromatic heterocycles. The minimum Gasteiger partial charge on any atom is -0.358 e. The largest absolute Gasteiger partial charge is 0.433 e. The van der Waals surface area contributed by atoms with Crippen LogP contribution in [-0.4, -0.2) is 14.5 Å². The second-order valence-corrected chi connectivity index (χ2v) is 7.68. The average Bonchev–Trinajstić information content (AvgIpc) is 2.71. The lowest BCUT2D eigenvalue weighted by molar-refractivity contribution is -0.141. The number of halogens is 3. The third-order valence-corrected chi connectivity index (χ3v) is 4.94. The Labute approximate surface area is 147 Å². The van der Waals surface area contributed by atoms with Crippen LogP contribution in [0, 0.1) is 0 Å². The van der Waals surface area contributed by atoms with Crippen molar-refractivity contribution in [1.82, 2.24) is 14.5 Å². The van der Waals surface area contributed by atoms with Gasteiger partial charge < -0.3 is 9.30 Å². The van der Waals surface area contributed by atoms with Gasteiger partial charge in [0.2, 0.25) is 0 Å². The van der Waals surface area contributed by atoms with Crippen LogP contribution >= 0.6 is 0 Å². The molecule has 0 N–H and O–H groups in total. The van der Waals surface area contributed by atoms with E-state index in [4.69, 9.17) is 4.74 Å². The van der Waals surface area contributed by atoms with Gasteiger partial charge in [-0.3, -0.25) is 4.79 Å². The molecular weight excluding hydrogens is 347 g/mol. The summed E-state index contributed by atoms with van der Waals surface area (Å²) < 4.78 is 46.8. The molecule has 0 bridgehead atoms. The Morgan fingerprint density at radius 3 is 2.46 bits per heavy atom. The molecule has 4 heterocycles. The molecule has 0 aliphatic carbocycles. The van der Waals surface area contributed by atoms with E-state index in [0.717, 1.165) is 11.8 Å². The minimum absolute atomic E-state index is 0.308. The molecule has 2 aromatic rings. The molecule has 0 atom stereocenters. The summed E-state index contributed by atoms with van der Waals surface area (Å²) in [5.74, 6) is 0.352. The molecule has 0 unspecified atom stereocenters. The molecule has 0 saturated heterocycles. The van der Waals surface area contributed by atoms with Gasteiger partial charge in [0, 0.05) is 18.5 Å². The molecule has 26 heavy (non-hydrogen) atoms. The van der Waals surface area contributed by atoms with E-state index in [1.54, 1.807) is 0 Å². The standard InChI is InChI=1S/C18H18F3N3O2/c1-16(2)12-13(17(3,4)26-16)24-8-7-10-9(14(24)23-15(12)25)5-6-11(22-10)18(19,20)21/h5-6H,7-8H2,1-4H3. The topological polar surface area (TPSA) is 57.0 Å². The first-order chi connectivity index (χ1) is 11.9. The van der Waals surface area contributed by atoms with Crippen molar-refractivity contribution in [1.29, 1.82) is 0 Å². The normalized spacial score (nSPS) is 19.7. The Hall–Kier alpha value is -2.22. The number of hydrogen-bond donors (Lipinski definition) is 0. The molecule has 138 valence electrons. The van der Waals surface area contributed by atoms with E-state index in [-0.39, 0.29) is 0 Å². The average molecular weight is 365 g/mol. The van der Waals surface area contributed by atoms with Gasteiger partial charge in [-0.1, -0.05) is 0 Å². The Bertz CT molecular complexity index is 990. The molecule has 2 aliphatic heterocycles. The van der Waals surface area contributed by atoms with Crippen LogP contribution in [0.1, 0.15) is 50.3 Å². The summed E-state index contributed by atoms with van der Waals surface area (Å²) in [5, 5.41) is 0. The maximum absolute atomic E-state index is 12.9. The number of nitrogens with zero attached hydrogens (tertiary/aromatic N) is 3. The van der Waals surface area contributed by atoms with Crippen molar-refractivity contribution in [3.05, 3.63) is 45.1 Å². The van der Waals surface area contributed by atoms with E-state index >= 15 is 0 Å². The van der Waals surface area contributed by atoms with Crippen LogP contribution in [-0.2, 0) is 35.1 Å². The van der Waals surface area contributed by atoms with Gasteiger partial charge in [-0.2, -0.15) is 18.2 Å². The number of alkyl halides is 3. The highest BCUT2D eigenvalue weighted by Gasteiger charge is 2.48. The summed E-state index contributed by atoms with van der Waals surface area (Å²) in [7, 11) is 0. The molecule has 0 saturated carbocycles. The summed E-state index contributed by atoms with van der Waals surface area (Å²) in [6, 6.07) is 2.28. The fraction of sp³-hybridized carbons (Fsp3) is 0.500. The minimum atomic E-state index is -4.50. The number of aromatic nitrogens is 3. The van der Waals surface area contributed by atoms with Crippen molar-refractivity contribution >= 4 is 0 Å². The summed E-state index contributed by atoms with van der Waals surface area (Å²) >= 11 is 0. The SMILES string of the molecule is CC1(C)OC(C)(C)c2c1c(=O)nc1n2CCc2nc(C(F)(F)F)ccc2-1. The number of ether oxygens (including phenoxy) is 1. The molecule has 8 heteroatoms. The van der Waals surface area contributed by atoms with Crippen LogP contribution in [0.5, 0.6) is 0 Å². The third kappa shape index (κ3) is 2.31. The molecule has 0 fully saturated rings. The first kappa shape index (κ1) is 17.2. The Kier molecular flexibility index (Phi) is 3.27. The summed E-state index contributed by atoms with van der Waals surface area (Å²) in [5.41, 5.74) is -0.798. The lowest BCUT2D eigenvalue weighted by Gasteiger charge is -2.28. The van der Waals surface area contributed by atoms with Crippen LogP contribution in [0.4, 0.5) is 13.2 Å².